The van der Waals surface area contributed by atoms with E-state index in [1.54, 1.807) is 19.9 Å². The highest BCUT2D eigenvalue weighted by Crippen LogP contribution is 2.71. The van der Waals surface area contributed by atoms with Crippen molar-refractivity contribution in [3.8, 4) is 6.07 Å². The summed E-state index contributed by atoms with van der Waals surface area (Å²) in [6.45, 7) is 9.77. The summed E-state index contributed by atoms with van der Waals surface area (Å²) in [6, 6.07) is 1.74. The zero-order valence-electron chi connectivity index (χ0n) is 23.9. The molecule has 10 atom stereocenters. The lowest BCUT2D eigenvalue weighted by Crippen LogP contribution is -2.71. The first-order valence-corrected chi connectivity index (χ1v) is 14.0. The molecule has 2 unspecified atom stereocenters. The van der Waals surface area contributed by atoms with E-state index in [2.05, 4.69) is 0 Å². The first kappa shape index (κ1) is 30.2. The number of rotatable bonds is 6. The monoisotopic (exact) mass is 563 g/mol. The summed E-state index contributed by atoms with van der Waals surface area (Å²) in [5, 5.41) is 20.7. The number of nitrogens with zero attached hydrogens (tertiary/aromatic N) is 1. The molecule has 0 spiro atoms. The average molecular weight is 564 g/mol. The molecule has 4 rings (SSSR count). The van der Waals surface area contributed by atoms with Gasteiger partial charge in [-0.2, -0.15) is 5.26 Å². The summed E-state index contributed by atoms with van der Waals surface area (Å²) in [5.74, 6) is -3.99. The van der Waals surface area contributed by atoms with Gasteiger partial charge in [-0.3, -0.25) is 4.79 Å². The standard InChI is InChI=1S/C30H39F2NO7/c1-7-23(16(2)3)39-26(37)40-30(25(36)38-11-10-33)17(4)12-19-20-14-22(31)21-13-18(34)8-9-27(21,5)29(20,32)24(35)15-28(19,30)6/h8-9,13,16-17,19-20,22-24,35H,7,11-12,14-15H2,1-6H3/t17-,19+,20+,22+,23?,24+,27+,28+,29?,30-/m1/s1. The third-order valence-corrected chi connectivity index (χ3v) is 10.4. The van der Waals surface area contributed by atoms with Crippen molar-refractivity contribution in [2.75, 3.05) is 6.61 Å². The van der Waals surface area contributed by atoms with Gasteiger partial charge < -0.3 is 19.3 Å². The fourth-order valence-electron chi connectivity index (χ4n) is 8.39. The summed E-state index contributed by atoms with van der Waals surface area (Å²) in [6.07, 6.45) is -1.27. The maximum Gasteiger partial charge on any atom is 0.509 e. The number of nitriles is 1. The van der Waals surface area contributed by atoms with Gasteiger partial charge in [-0.25, -0.2) is 18.4 Å². The number of halogens is 2. The number of esters is 1. The molecule has 0 aromatic carbocycles. The van der Waals surface area contributed by atoms with Crippen LogP contribution in [0.4, 0.5) is 13.6 Å². The number of allylic oxidation sites excluding steroid dienone is 4. The minimum Gasteiger partial charge on any atom is -0.447 e. The minimum atomic E-state index is -2.36. The van der Waals surface area contributed by atoms with Crippen LogP contribution in [0.2, 0.25) is 0 Å². The van der Waals surface area contributed by atoms with Crippen LogP contribution in [0.5, 0.6) is 0 Å². The number of aliphatic hydroxyl groups is 1. The first-order valence-electron chi connectivity index (χ1n) is 14.0. The molecule has 0 saturated heterocycles. The highest BCUT2D eigenvalue weighted by Gasteiger charge is 2.79. The molecule has 3 saturated carbocycles. The van der Waals surface area contributed by atoms with Gasteiger partial charge in [0, 0.05) is 22.7 Å². The summed E-state index contributed by atoms with van der Waals surface area (Å²) in [7, 11) is 0. The highest BCUT2D eigenvalue weighted by molar-refractivity contribution is 6.01. The lowest BCUT2D eigenvalue weighted by molar-refractivity contribution is -0.234. The zero-order valence-corrected chi connectivity index (χ0v) is 23.9. The van der Waals surface area contributed by atoms with E-state index in [9.17, 15) is 19.5 Å². The van der Waals surface area contributed by atoms with E-state index < -0.39 is 82.7 Å². The number of carbonyl (C=O) groups excluding carboxylic acids is 3. The summed E-state index contributed by atoms with van der Waals surface area (Å²) >= 11 is 0. The van der Waals surface area contributed by atoms with Gasteiger partial charge in [0.2, 0.25) is 5.60 Å². The summed E-state index contributed by atoms with van der Waals surface area (Å²) < 4.78 is 49.9. The molecular weight excluding hydrogens is 524 g/mol. The second-order valence-corrected chi connectivity index (χ2v) is 12.6. The second kappa shape index (κ2) is 10.2. The van der Waals surface area contributed by atoms with Crippen LogP contribution in [0.1, 0.15) is 67.2 Å². The highest BCUT2D eigenvalue weighted by atomic mass is 19.1. The van der Waals surface area contributed by atoms with Gasteiger partial charge >= 0.3 is 12.1 Å². The number of aliphatic hydroxyl groups excluding tert-OH is 1. The van der Waals surface area contributed by atoms with Gasteiger partial charge in [-0.05, 0) is 62.2 Å². The number of alkyl halides is 2. The number of carbonyl (C=O) groups is 3. The third-order valence-electron chi connectivity index (χ3n) is 10.4. The van der Waals surface area contributed by atoms with E-state index in [1.807, 2.05) is 20.8 Å². The smallest absolute Gasteiger partial charge is 0.447 e. The molecule has 0 aromatic heterocycles. The van der Waals surface area contributed by atoms with Gasteiger partial charge in [0.15, 0.2) is 18.1 Å². The van der Waals surface area contributed by atoms with Gasteiger partial charge in [0.25, 0.3) is 0 Å². The summed E-state index contributed by atoms with van der Waals surface area (Å²) in [5.41, 5.74) is -7.37. The maximum atomic E-state index is 17.5. The van der Waals surface area contributed by atoms with E-state index in [4.69, 9.17) is 19.5 Å². The number of hydrogen-bond donors (Lipinski definition) is 1. The topological polar surface area (TPSA) is 123 Å². The van der Waals surface area contributed by atoms with E-state index in [0.717, 1.165) is 6.08 Å². The zero-order chi connectivity index (χ0) is 29.8. The fraction of sp³-hybridized carbons (Fsp3) is 0.733. The van der Waals surface area contributed by atoms with Crippen molar-refractivity contribution in [2.24, 2.45) is 34.5 Å². The Morgan fingerprint density at radius 2 is 1.93 bits per heavy atom. The molecule has 220 valence electrons. The second-order valence-electron chi connectivity index (χ2n) is 12.6. The van der Waals surface area contributed by atoms with Gasteiger partial charge in [0.05, 0.1) is 6.10 Å². The van der Waals surface area contributed by atoms with Gasteiger partial charge in [-0.1, -0.05) is 40.7 Å². The molecule has 0 radical (unpaired) electrons. The third kappa shape index (κ3) is 4.02. The Balaban J connectivity index is 1.81. The van der Waals surface area contributed by atoms with Crippen LogP contribution in [0.25, 0.3) is 0 Å². The molecule has 10 heteroatoms. The predicted octanol–water partition coefficient (Wildman–Crippen LogP) is 4.94. The molecule has 3 fully saturated rings. The van der Waals surface area contributed by atoms with Crippen molar-refractivity contribution in [2.45, 2.75) is 96.9 Å². The van der Waals surface area contributed by atoms with E-state index >= 15 is 8.78 Å². The van der Waals surface area contributed by atoms with Crippen LogP contribution in [0.3, 0.4) is 0 Å². The number of ketones is 1. The molecule has 40 heavy (non-hydrogen) atoms. The van der Waals surface area contributed by atoms with E-state index in [-0.39, 0.29) is 30.8 Å². The molecule has 0 amide bonds. The molecule has 8 nitrogen and oxygen atoms in total. The fourth-order valence-corrected chi connectivity index (χ4v) is 8.39. The lowest BCUT2D eigenvalue weighted by Gasteiger charge is -2.62. The Kier molecular flexibility index (Phi) is 7.72. The average Bonchev–Trinajstić information content (AvgIpc) is 3.10. The number of ether oxygens (including phenoxy) is 3. The molecule has 4 aliphatic carbocycles. The Bertz CT molecular complexity index is 1180. The number of hydrogen-bond acceptors (Lipinski definition) is 8. The first-order chi connectivity index (χ1) is 18.6. The minimum absolute atomic E-state index is 0.00809. The van der Waals surface area contributed by atoms with Crippen molar-refractivity contribution >= 4 is 17.9 Å². The van der Waals surface area contributed by atoms with Crippen molar-refractivity contribution in [3.05, 3.63) is 23.8 Å². The molecule has 0 aromatic rings. The predicted molar refractivity (Wildman–Crippen MR) is 139 cm³/mol. The molecule has 0 bridgehead atoms. The Morgan fingerprint density at radius 1 is 1.25 bits per heavy atom. The molecule has 0 aliphatic heterocycles. The Labute approximate surface area is 233 Å². The van der Waals surface area contributed by atoms with Gasteiger partial charge in [-0.15, -0.1) is 0 Å². The van der Waals surface area contributed by atoms with Crippen molar-refractivity contribution < 1.29 is 42.5 Å². The summed E-state index contributed by atoms with van der Waals surface area (Å²) in [4.78, 5) is 39.0. The normalized spacial score (nSPS) is 42.6. The number of fused-ring (bicyclic) bond motifs is 5. The van der Waals surface area contributed by atoms with Crippen molar-refractivity contribution in [3.63, 3.8) is 0 Å². The maximum absolute atomic E-state index is 17.5. The molecular formula is C30H39F2NO7. The Morgan fingerprint density at radius 3 is 2.52 bits per heavy atom. The molecule has 0 heterocycles. The lowest BCUT2D eigenvalue weighted by atomic mass is 9.44. The quantitative estimate of drug-likeness (QED) is 0.451. The van der Waals surface area contributed by atoms with Crippen molar-refractivity contribution in [1.82, 2.24) is 0 Å². The molecule has 4 aliphatic rings. The van der Waals surface area contributed by atoms with Gasteiger partial charge in [0.1, 0.15) is 18.3 Å². The van der Waals surface area contributed by atoms with Crippen LogP contribution in [-0.4, -0.2) is 59.3 Å². The van der Waals surface area contributed by atoms with E-state index in [0.29, 0.717) is 6.42 Å². The Hall–Kier alpha value is -2.80. The van der Waals surface area contributed by atoms with Crippen LogP contribution in [0.15, 0.2) is 23.8 Å². The van der Waals surface area contributed by atoms with Crippen LogP contribution in [-0.2, 0) is 23.8 Å². The van der Waals surface area contributed by atoms with Crippen LogP contribution < -0.4 is 0 Å². The SMILES string of the molecule is CCC(OC(=O)O[C@@]1(C(=O)OCC#N)[C@H](C)C[C@H]2[C@@H]3C[C@H](F)C4=CC(=O)C=C[C@]4(C)C3(F)[C@@H](O)C[C@@]21C)C(C)C. The van der Waals surface area contributed by atoms with E-state index in [1.165, 1.54) is 19.1 Å². The van der Waals surface area contributed by atoms with Crippen LogP contribution in [0, 0.1) is 45.8 Å². The largest absolute Gasteiger partial charge is 0.509 e. The molecule has 1 N–H and O–H groups in total. The van der Waals surface area contributed by atoms with Crippen molar-refractivity contribution in [1.29, 1.82) is 5.26 Å². The van der Waals surface area contributed by atoms with Crippen LogP contribution >= 0.6 is 0 Å².